The maximum atomic E-state index is 12.3. The predicted molar refractivity (Wildman–Crippen MR) is 118 cm³/mol. The second-order valence-electron chi connectivity index (χ2n) is 7.57. The fourth-order valence-corrected chi connectivity index (χ4v) is 4.34. The summed E-state index contributed by atoms with van der Waals surface area (Å²) >= 11 is 0. The maximum absolute atomic E-state index is 12.3. The fraction of sp³-hybridized carbons (Fsp3) is 0.458. The van der Waals surface area contributed by atoms with Crippen molar-refractivity contribution in [3.63, 3.8) is 0 Å². The lowest BCUT2D eigenvalue weighted by molar-refractivity contribution is -0.121. The summed E-state index contributed by atoms with van der Waals surface area (Å²) in [5.74, 6) is 2.06. The number of carbonyl (C=O) groups is 1. The second kappa shape index (κ2) is 9.47. The van der Waals surface area contributed by atoms with E-state index in [-0.39, 0.29) is 11.9 Å². The summed E-state index contributed by atoms with van der Waals surface area (Å²) in [7, 11) is 6.30. The summed E-state index contributed by atoms with van der Waals surface area (Å²) in [5, 5.41) is 13.9. The Labute approximate surface area is 183 Å². The molecule has 2 atom stereocenters. The molecule has 168 valence electrons. The highest BCUT2D eigenvalue weighted by Gasteiger charge is 2.33. The number of fused-ring (bicyclic) bond motifs is 3. The lowest BCUT2D eigenvalue weighted by atomic mass is 9.90. The Morgan fingerprint density at radius 1 is 1.13 bits per heavy atom. The van der Waals surface area contributed by atoms with Gasteiger partial charge in [-0.2, -0.15) is 0 Å². The lowest BCUT2D eigenvalue weighted by Gasteiger charge is -2.23. The van der Waals surface area contributed by atoms with Crippen LogP contribution < -0.4 is 19.5 Å². The Bertz CT molecular complexity index is 959. The van der Waals surface area contributed by atoms with Gasteiger partial charge in [0.15, 0.2) is 11.5 Å². The largest absolute Gasteiger partial charge is 0.498 e. The van der Waals surface area contributed by atoms with E-state index in [1.807, 2.05) is 26.0 Å². The van der Waals surface area contributed by atoms with E-state index >= 15 is 0 Å². The van der Waals surface area contributed by atoms with Crippen molar-refractivity contribution in [1.82, 2.24) is 5.32 Å². The van der Waals surface area contributed by atoms with Gasteiger partial charge in [0.05, 0.1) is 34.5 Å². The first-order valence-electron chi connectivity index (χ1n) is 10.4. The molecular formula is C24H31NO6. The number of aryl methyl sites for hydroxylation is 1. The van der Waals surface area contributed by atoms with Crippen LogP contribution in [0.3, 0.4) is 0 Å². The first-order chi connectivity index (χ1) is 14.9. The van der Waals surface area contributed by atoms with Gasteiger partial charge in [-0.3, -0.25) is 4.79 Å². The van der Waals surface area contributed by atoms with Gasteiger partial charge in [-0.1, -0.05) is 6.92 Å². The van der Waals surface area contributed by atoms with Crippen LogP contribution in [0.1, 0.15) is 37.8 Å². The molecule has 1 aromatic carbocycles. The molecule has 3 rings (SSSR count). The molecule has 2 aliphatic carbocycles. The second-order valence-corrected chi connectivity index (χ2v) is 7.57. The smallest absolute Gasteiger partial charge is 0.220 e. The topological polar surface area (TPSA) is 86.3 Å². The standard InChI is InChI=1S/C24H31NO6/c1-7-20(27)25-17-9-8-14-11-19(28-3)23(30-5)24(31-6)21(14)16-10-13(2)22(29-4)18(26)12-15(16)17/h10-12,17-18,26H,7-9H2,1-6H3,(H,25,27)/t17-,18-/m0/s1. The monoisotopic (exact) mass is 429 g/mol. The molecule has 0 aliphatic heterocycles. The number of hydrogen-bond donors (Lipinski definition) is 2. The summed E-state index contributed by atoms with van der Waals surface area (Å²) in [6.45, 7) is 3.71. The van der Waals surface area contributed by atoms with Gasteiger partial charge >= 0.3 is 0 Å². The molecule has 0 spiro atoms. The molecule has 0 saturated heterocycles. The van der Waals surface area contributed by atoms with Crippen molar-refractivity contribution >= 4 is 11.5 Å². The number of amides is 1. The minimum Gasteiger partial charge on any atom is -0.498 e. The Morgan fingerprint density at radius 2 is 1.84 bits per heavy atom. The third-order valence-corrected chi connectivity index (χ3v) is 5.80. The molecule has 1 aromatic rings. The normalized spacial score (nSPS) is 20.4. The zero-order chi connectivity index (χ0) is 22.7. The van der Waals surface area contributed by atoms with Crippen LogP contribution in [-0.4, -0.2) is 51.6 Å². The van der Waals surface area contributed by atoms with Gasteiger partial charge in [-0.05, 0) is 60.3 Å². The molecule has 7 heteroatoms. The molecule has 31 heavy (non-hydrogen) atoms. The number of aliphatic hydroxyl groups excluding tert-OH is 1. The summed E-state index contributed by atoms with van der Waals surface area (Å²) in [6, 6.07) is 1.68. The maximum Gasteiger partial charge on any atom is 0.220 e. The number of aliphatic hydroxyl groups is 1. The Hall–Kier alpha value is -2.93. The highest BCUT2D eigenvalue weighted by Crippen LogP contribution is 2.49. The number of allylic oxidation sites excluding steroid dienone is 2. The quantitative estimate of drug-likeness (QED) is 0.723. The van der Waals surface area contributed by atoms with Crippen molar-refractivity contribution in [3.05, 3.63) is 46.3 Å². The average Bonchev–Trinajstić information content (AvgIpc) is 2.98. The summed E-state index contributed by atoms with van der Waals surface area (Å²) in [5.41, 5.74) is 4.35. The molecule has 0 radical (unpaired) electrons. The van der Waals surface area contributed by atoms with Gasteiger partial charge in [-0.25, -0.2) is 0 Å². The first-order valence-corrected chi connectivity index (χ1v) is 10.4. The number of rotatable bonds is 6. The van der Waals surface area contributed by atoms with E-state index in [1.165, 1.54) is 0 Å². The summed E-state index contributed by atoms with van der Waals surface area (Å²) < 4.78 is 22.5. The Balaban J connectivity index is 2.33. The molecule has 7 nitrogen and oxygen atoms in total. The molecule has 0 fully saturated rings. The molecule has 1 amide bonds. The van der Waals surface area contributed by atoms with Crippen molar-refractivity contribution in [2.75, 3.05) is 28.4 Å². The molecule has 0 bridgehead atoms. The predicted octanol–water partition coefficient (Wildman–Crippen LogP) is 3.16. The van der Waals surface area contributed by atoms with Gasteiger partial charge in [0, 0.05) is 12.0 Å². The van der Waals surface area contributed by atoms with Crippen LogP contribution in [0.15, 0.2) is 35.1 Å². The summed E-state index contributed by atoms with van der Waals surface area (Å²) in [6.07, 6.45) is 4.53. The molecule has 2 N–H and O–H groups in total. The van der Waals surface area contributed by atoms with Crippen molar-refractivity contribution in [1.29, 1.82) is 0 Å². The number of methoxy groups -OCH3 is 4. The van der Waals surface area contributed by atoms with Crippen LogP contribution in [0, 0.1) is 0 Å². The van der Waals surface area contributed by atoms with E-state index in [9.17, 15) is 9.90 Å². The van der Waals surface area contributed by atoms with Crippen LogP contribution >= 0.6 is 0 Å². The van der Waals surface area contributed by atoms with E-state index in [4.69, 9.17) is 18.9 Å². The van der Waals surface area contributed by atoms with E-state index in [2.05, 4.69) is 5.32 Å². The van der Waals surface area contributed by atoms with E-state index in [0.717, 1.165) is 27.8 Å². The third kappa shape index (κ3) is 4.14. The van der Waals surface area contributed by atoms with Crippen LogP contribution in [-0.2, 0) is 16.0 Å². The van der Waals surface area contributed by atoms with Crippen LogP contribution in [0.25, 0.3) is 5.57 Å². The first kappa shape index (κ1) is 22.7. The number of benzene rings is 1. The molecule has 0 aromatic heterocycles. The zero-order valence-electron chi connectivity index (χ0n) is 19.0. The van der Waals surface area contributed by atoms with Gasteiger partial charge < -0.3 is 29.4 Å². The van der Waals surface area contributed by atoms with Gasteiger partial charge in [-0.15, -0.1) is 0 Å². The number of hydrogen-bond acceptors (Lipinski definition) is 6. The molecule has 2 aliphatic rings. The third-order valence-electron chi connectivity index (χ3n) is 5.80. The van der Waals surface area contributed by atoms with E-state index in [1.54, 1.807) is 34.5 Å². The van der Waals surface area contributed by atoms with Gasteiger partial charge in [0.1, 0.15) is 11.9 Å². The van der Waals surface area contributed by atoms with Crippen molar-refractivity contribution < 1.29 is 28.8 Å². The Morgan fingerprint density at radius 3 is 2.42 bits per heavy atom. The minimum atomic E-state index is -0.928. The van der Waals surface area contributed by atoms with Crippen molar-refractivity contribution in [2.24, 2.45) is 0 Å². The SMILES string of the molecule is CCC(=O)N[C@H]1CCc2cc(OC)c(OC)c(OC)c2C2=CC(C)=C(OC)[C@@H](O)C=C21. The van der Waals surface area contributed by atoms with Gasteiger partial charge in [0.25, 0.3) is 0 Å². The van der Waals surface area contributed by atoms with Crippen LogP contribution in [0.5, 0.6) is 17.2 Å². The van der Waals surface area contributed by atoms with Crippen LogP contribution in [0.4, 0.5) is 0 Å². The highest BCUT2D eigenvalue weighted by atomic mass is 16.5. The zero-order valence-corrected chi connectivity index (χ0v) is 19.0. The molecule has 0 unspecified atom stereocenters. The van der Waals surface area contributed by atoms with Crippen molar-refractivity contribution in [2.45, 2.75) is 45.3 Å². The number of nitrogens with one attached hydrogen (secondary N) is 1. The van der Waals surface area contributed by atoms with E-state index in [0.29, 0.717) is 42.3 Å². The lowest BCUT2D eigenvalue weighted by Crippen LogP contribution is -2.36. The average molecular weight is 430 g/mol. The summed E-state index contributed by atoms with van der Waals surface area (Å²) in [4.78, 5) is 12.3. The van der Waals surface area contributed by atoms with Gasteiger partial charge in [0.2, 0.25) is 11.7 Å². The Kier molecular flexibility index (Phi) is 6.95. The minimum absolute atomic E-state index is 0.0475. The number of carbonyl (C=O) groups excluding carboxylic acids is 1. The van der Waals surface area contributed by atoms with Crippen molar-refractivity contribution in [3.8, 4) is 17.2 Å². The highest BCUT2D eigenvalue weighted by molar-refractivity contribution is 5.91. The number of ether oxygens (including phenoxy) is 4. The van der Waals surface area contributed by atoms with E-state index < -0.39 is 6.10 Å². The van der Waals surface area contributed by atoms with Crippen LogP contribution in [0.2, 0.25) is 0 Å². The molecule has 0 heterocycles. The molecule has 0 saturated carbocycles. The fourth-order valence-electron chi connectivity index (χ4n) is 4.34. The molecular weight excluding hydrogens is 398 g/mol.